The van der Waals surface area contributed by atoms with Gasteiger partial charge in [0.05, 0.1) is 70.0 Å². The average molecular weight is 1320 g/mol. The Morgan fingerprint density at radius 3 is 1.11 bits per heavy atom. The summed E-state index contributed by atoms with van der Waals surface area (Å²) >= 11 is 0. The molecule has 4 aliphatic heterocycles. The molecule has 0 fully saturated rings. The Kier molecular flexibility index (Phi) is 23.6. The number of hydrogen-bond donors (Lipinski definition) is 10. The molecule has 6 aromatic rings. The number of aliphatic hydroxyl groups is 2. The minimum atomic E-state index is -5.17. The molecule has 0 amide bonds. The average Bonchev–Trinajstić information content (AvgIpc) is 1.62. The minimum absolute atomic E-state index is 0. The SMILES string of the molecule is CC1=C(CCC(=O)O)c2cc3[nH]c(cc4nc(cc5[nH]c(cc1n2)c(C)c5C(C)OC(C)C1=C(C)c2cc5[nH]c(cc6nc(cc7[nH]c(cc1n2)c(C)c7CCC(=O)O)C(CCC(=O)O)=C6C)c(C)c5C(C)O)C(C)=C4C(C)O)c(C)c3CCC(=O)O.O=S(=O)([O-])[O-].[Na+].[Na+]. The molecule has 16 bridgehead atoms. The van der Waals surface area contributed by atoms with Crippen molar-refractivity contribution in [3.63, 3.8) is 0 Å². The summed E-state index contributed by atoms with van der Waals surface area (Å²) in [4.78, 5) is 83.2. The fourth-order valence-electron chi connectivity index (χ4n) is 13.0. The number of carboxylic acid groups (broad SMARTS) is 4. The smallest absolute Gasteiger partial charge is 0.759 e. The Bertz CT molecular complexity index is 4710. The van der Waals surface area contributed by atoms with Gasteiger partial charge >= 0.3 is 83.0 Å². The van der Waals surface area contributed by atoms with Gasteiger partial charge in [0.15, 0.2) is 0 Å². The monoisotopic (exact) mass is 1320 g/mol. The predicted octanol–water partition coefficient (Wildman–Crippen LogP) is 5.93. The van der Waals surface area contributed by atoms with Crippen molar-refractivity contribution < 1.29 is 131 Å². The summed E-state index contributed by atoms with van der Waals surface area (Å²) in [5, 5.41) is 62.2. The van der Waals surface area contributed by atoms with Crippen molar-refractivity contribution in [2.24, 2.45) is 0 Å². The second-order valence-electron chi connectivity index (χ2n) is 23.8. The van der Waals surface area contributed by atoms with Crippen molar-refractivity contribution in [3.05, 3.63) is 139 Å². The number of aryl methyl sites for hydroxylation is 6. The fourth-order valence-corrected chi connectivity index (χ4v) is 13.0. The minimum Gasteiger partial charge on any atom is -0.759 e. The topological polar surface area (TPSA) is 394 Å². The first-order chi connectivity index (χ1) is 43.2. The largest absolute Gasteiger partial charge is 1.00 e. The molecule has 484 valence electrons. The number of aromatic amines is 4. The number of rotatable bonds is 18. The Morgan fingerprint density at radius 2 is 0.713 bits per heavy atom. The Labute approximate surface area is 586 Å². The van der Waals surface area contributed by atoms with E-state index in [9.17, 15) is 49.8 Å². The second-order valence-corrected chi connectivity index (χ2v) is 24.6. The number of carbonyl (C=O) groups is 4. The molecular formula is C68H74N8Na2O15S. The summed E-state index contributed by atoms with van der Waals surface area (Å²) < 4.78 is 41.3. The first-order valence-electron chi connectivity index (χ1n) is 30.1. The third-order valence-electron chi connectivity index (χ3n) is 17.7. The quantitative estimate of drug-likeness (QED) is 0.0270. The van der Waals surface area contributed by atoms with Gasteiger partial charge in [0.25, 0.3) is 0 Å². The number of nitrogens with one attached hydrogen (secondary N) is 4. The van der Waals surface area contributed by atoms with E-state index in [0.29, 0.717) is 101 Å². The molecule has 0 saturated heterocycles. The Balaban J connectivity index is 0.00000172. The zero-order chi connectivity index (χ0) is 67.3. The van der Waals surface area contributed by atoms with E-state index >= 15 is 0 Å². The molecule has 94 heavy (non-hydrogen) atoms. The molecule has 10 N–H and O–H groups in total. The molecule has 0 saturated carbocycles. The van der Waals surface area contributed by atoms with Gasteiger partial charge in [0, 0.05) is 102 Å². The van der Waals surface area contributed by atoms with E-state index in [-0.39, 0.29) is 110 Å². The van der Waals surface area contributed by atoms with E-state index in [4.69, 9.17) is 42.2 Å². The van der Waals surface area contributed by atoms with Crippen LogP contribution in [-0.2, 0) is 47.2 Å². The summed E-state index contributed by atoms with van der Waals surface area (Å²) in [6.45, 7) is 22.9. The van der Waals surface area contributed by atoms with Crippen molar-refractivity contribution in [1.82, 2.24) is 39.9 Å². The summed E-state index contributed by atoms with van der Waals surface area (Å²) in [7, 11) is -5.17. The molecule has 26 heteroatoms. The van der Waals surface area contributed by atoms with Crippen LogP contribution >= 0.6 is 0 Å². The van der Waals surface area contributed by atoms with Crippen LogP contribution < -0.4 is 59.1 Å². The normalized spacial score (nSPS) is 14.5. The third-order valence-corrected chi connectivity index (χ3v) is 17.7. The Morgan fingerprint density at radius 1 is 0.415 bits per heavy atom. The van der Waals surface area contributed by atoms with Gasteiger partial charge in [-0.25, -0.2) is 19.9 Å². The van der Waals surface area contributed by atoms with Gasteiger partial charge < -0.3 is 64.4 Å². The molecule has 0 spiro atoms. The first kappa shape index (κ1) is 74.2. The van der Waals surface area contributed by atoms with Crippen LogP contribution in [-0.4, -0.2) is 124 Å². The maximum absolute atomic E-state index is 12.2. The fraction of sp³-hybridized carbons (Fsp3) is 0.353. The molecule has 4 unspecified atom stereocenters. The zero-order valence-corrected chi connectivity index (χ0v) is 60.0. The van der Waals surface area contributed by atoms with E-state index in [0.717, 1.165) is 78.0 Å². The van der Waals surface area contributed by atoms with E-state index in [1.54, 1.807) is 13.8 Å². The number of fused-ring (bicyclic) bond motifs is 16. The van der Waals surface area contributed by atoms with Crippen LogP contribution in [0.3, 0.4) is 0 Å². The van der Waals surface area contributed by atoms with E-state index in [2.05, 4.69) is 19.9 Å². The Hall–Kier alpha value is -7.17. The number of nitrogens with zero attached hydrogens (tertiary/aromatic N) is 4. The maximum Gasteiger partial charge on any atom is 1.00 e. The number of hydrogen-bond acceptors (Lipinski definition) is 15. The van der Waals surface area contributed by atoms with Gasteiger partial charge in [0.1, 0.15) is 0 Å². The number of carboxylic acids is 4. The molecule has 10 heterocycles. The number of allylic oxidation sites excluding steroid dienone is 6. The van der Waals surface area contributed by atoms with Crippen LogP contribution in [0, 0.1) is 27.7 Å². The van der Waals surface area contributed by atoms with E-state index in [1.165, 1.54) is 0 Å². The predicted molar refractivity (Wildman–Crippen MR) is 348 cm³/mol. The van der Waals surface area contributed by atoms with Crippen LogP contribution in [0.15, 0.2) is 48.5 Å². The summed E-state index contributed by atoms with van der Waals surface area (Å²) in [6, 6.07) is 15.3. The summed E-state index contributed by atoms with van der Waals surface area (Å²) in [6.07, 6.45) is -2.72. The number of aliphatic carboxylic acids is 4. The van der Waals surface area contributed by atoms with E-state index < -0.39 is 58.7 Å². The number of ether oxygens (including phenoxy) is 1. The van der Waals surface area contributed by atoms with E-state index in [1.807, 2.05) is 118 Å². The van der Waals surface area contributed by atoms with Crippen LogP contribution in [0.1, 0.15) is 196 Å². The number of aliphatic hydroxyl groups excluding tert-OH is 2. The molecule has 23 nitrogen and oxygen atoms in total. The van der Waals surface area contributed by atoms with Crippen LogP contribution in [0.2, 0.25) is 0 Å². The van der Waals surface area contributed by atoms with Crippen molar-refractivity contribution in [2.75, 3.05) is 0 Å². The van der Waals surface area contributed by atoms with Crippen LogP contribution in [0.4, 0.5) is 0 Å². The second kappa shape index (κ2) is 29.9. The van der Waals surface area contributed by atoms with Crippen LogP contribution in [0.5, 0.6) is 0 Å². The van der Waals surface area contributed by atoms with Gasteiger partial charge in [-0.15, -0.1) is 0 Å². The van der Waals surface area contributed by atoms with Crippen molar-refractivity contribution in [1.29, 1.82) is 0 Å². The molecule has 6 aromatic heterocycles. The van der Waals surface area contributed by atoms with Gasteiger partial charge in [0.2, 0.25) is 0 Å². The third kappa shape index (κ3) is 16.0. The van der Waals surface area contributed by atoms with Gasteiger partial charge in [-0.05, 0) is 224 Å². The maximum atomic E-state index is 12.2. The zero-order valence-electron chi connectivity index (χ0n) is 55.1. The molecule has 4 atom stereocenters. The molecule has 0 aliphatic carbocycles. The molecule has 4 aliphatic rings. The number of aromatic nitrogens is 8. The number of H-pyrrole nitrogens is 4. The standard InChI is InChI=1S/C68H74N8O11.2Na.H2O4S/c1-29-41(13-17-61(79)80)53-28-56-44(16-20-64(85)86)32(4)48(72-56)24-59-68(36(8)52(76-59)25-58-65(37(9)77)33(5)49(73-58)21-45(29)69-53)40(12)87-39(11)67-35(7)50-22-46-30(2)42(14-18-62(81)82)54(70-46)27-55-43(15-19-63(83)84)31(3)47(71-55)23-57-66(38(10)78)34(6)51(74-57)26-60(67)75-50;;;1-5(2,3)4/h21-28,37-40,71-73,75,77-78H,13-20H2,1-12H3,(H,79,80)(H,81,82)(H,83,84)(H,85,86);;;(H2,1,2,3,4)/q;2*+1;/p-2. The molecule has 10 rings (SSSR count). The van der Waals surface area contributed by atoms with Gasteiger partial charge in [-0.1, -0.05) is 0 Å². The van der Waals surface area contributed by atoms with Gasteiger partial charge in [-0.2, -0.15) is 0 Å². The molecular weight excluding hydrogens is 1250 g/mol. The van der Waals surface area contributed by atoms with Gasteiger partial charge in [-0.3, -0.25) is 27.6 Å². The first-order valence-corrected chi connectivity index (χ1v) is 31.4. The molecule has 0 radical (unpaired) electrons. The van der Waals surface area contributed by atoms with Crippen LogP contribution in [0.25, 0.3) is 88.7 Å². The molecule has 0 aromatic carbocycles. The summed E-state index contributed by atoms with van der Waals surface area (Å²) in [5.74, 6) is -3.81. The van der Waals surface area contributed by atoms with Crippen molar-refractivity contribution in [2.45, 2.75) is 159 Å². The van der Waals surface area contributed by atoms with Crippen molar-refractivity contribution >= 4 is 123 Å². The summed E-state index contributed by atoms with van der Waals surface area (Å²) in [5.41, 5.74) is 22.4. The van der Waals surface area contributed by atoms with Crippen molar-refractivity contribution in [3.8, 4) is 0 Å².